The average Bonchev–Trinajstić information content (AvgIpc) is 2.97. The van der Waals surface area contributed by atoms with Crippen LogP contribution >= 0.6 is 15.9 Å². The molecule has 4 nitrogen and oxygen atoms in total. The maximum Gasteiger partial charge on any atom is 0.169 e. The Bertz CT molecular complexity index is 507. The van der Waals surface area contributed by atoms with Crippen LogP contribution in [0.1, 0.15) is 43.9 Å². The number of aliphatic hydroxyl groups is 1. The second-order valence-corrected chi connectivity index (χ2v) is 5.19. The van der Waals surface area contributed by atoms with Gasteiger partial charge >= 0.3 is 0 Å². The first-order chi connectivity index (χ1) is 8.60. The monoisotopic (exact) mass is 312 g/mol. The Balaban J connectivity index is 2.03. The van der Waals surface area contributed by atoms with E-state index in [1.165, 1.54) is 0 Å². The van der Waals surface area contributed by atoms with Crippen molar-refractivity contribution in [1.82, 2.24) is 9.78 Å². The van der Waals surface area contributed by atoms with Crippen molar-refractivity contribution in [3.8, 4) is 0 Å². The molecule has 2 unspecified atom stereocenters. The van der Waals surface area contributed by atoms with E-state index in [-0.39, 0.29) is 0 Å². The molecule has 18 heavy (non-hydrogen) atoms. The molecule has 2 heterocycles. The number of hydrogen-bond donors (Lipinski definition) is 1. The quantitative estimate of drug-likeness (QED) is 0.919. The van der Waals surface area contributed by atoms with Crippen LogP contribution in [0, 0.1) is 0 Å². The van der Waals surface area contributed by atoms with E-state index in [4.69, 9.17) is 4.42 Å². The molecule has 0 saturated heterocycles. The molecule has 1 N–H and O–H groups in total. The SMILES string of the molecule is CCC(C)n1ccc(CC(O)c2ccc(Br)o2)n1. The molecule has 0 amide bonds. The van der Waals surface area contributed by atoms with Gasteiger partial charge in [0, 0.05) is 18.7 Å². The number of furan rings is 1. The largest absolute Gasteiger partial charge is 0.452 e. The summed E-state index contributed by atoms with van der Waals surface area (Å²) in [5, 5.41) is 14.5. The lowest BCUT2D eigenvalue weighted by Crippen LogP contribution is -2.06. The average molecular weight is 313 g/mol. The van der Waals surface area contributed by atoms with Gasteiger partial charge in [0.25, 0.3) is 0 Å². The van der Waals surface area contributed by atoms with E-state index in [9.17, 15) is 5.11 Å². The Morgan fingerprint density at radius 3 is 2.83 bits per heavy atom. The summed E-state index contributed by atoms with van der Waals surface area (Å²) in [7, 11) is 0. The summed E-state index contributed by atoms with van der Waals surface area (Å²) in [6.07, 6.45) is 2.79. The number of rotatable bonds is 5. The molecule has 0 fully saturated rings. The van der Waals surface area contributed by atoms with Gasteiger partial charge in [-0.1, -0.05) is 6.92 Å². The van der Waals surface area contributed by atoms with Crippen molar-refractivity contribution >= 4 is 15.9 Å². The minimum Gasteiger partial charge on any atom is -0.452 e. The maximum atomic E-state index is 10.0. The van der Waals surface area contributed by atoms with Gasteiger partial charge in [0.2, 0.25) is 0 Å². The van der Waals surface area contributed by atoms with Gasteiger partial charge in [-0.25, -0.2) is 0 Å². The lowest BCUT2D eigenvalue weighted by Gasteiger charge is -2.09. The van der Waals surface area contributed by atoms with Gasteiger partial charge in [0.15, 0.2) is 4.67 Å². The van der Waals surface area contributed by atoms with E-state index in [0.29, 0.717) is 22.9 Å². The second kappa shape index (κ2) is 5.71. The fourth-order valence-electron chi connectivity index (χ4n) is 1.72. The van der Waals surface area contributed by atoms with Crippen LogP contribution in [-0.2, 0) is 6.42 Å². The van der Waals surface area contributed by atoms with E-state index in [0.717, 1.165) is 12.1 Å². The maximum absolute atomic E-state index is 10.0. The summed E-state index contributed by atoms with van der Waals surface area (Å²) in [4.78, 5) is 0. The molecular weight excluding hydrogens is 296 g/mol. The van der Waals surface area contributed by atoms with Gasteiger partial charge in [0.05, 0.1) is 5.69 Å². The molecule has 2 aromatic heterocycles. The minimum atomic E-state index is -0.656. The summed E-state index contributed by atoms with van der Waals surface area (Å²) in [6, 6.07) is 5.86. The Hall–Kier alpha value is -1.07. The third-order valence-corrected chi connectivity index (χ3v) is 3.46. The zero-order chi connectivity index (χ0) is 13.1. The lowest BCUT2D eigenvalue weighted by atomic mass is 10.1. The van der Waals surface area contributed by atoms with Gasteiger partial charge in [-0.15, -0.1) is 0 Å². The highest BCUT2D eigenvalue weighted by atomic mass is 79.9. The summed E-state index contributed by atoms with van der Waals surface area (Å²) in [5.74, 6) is 0.556. The van der Waals surface area contributed by atoms with Gasteiger partial charge in [-0.3, -0.25) is 4.68 Å². The number of aromatic nitrogens is 2. The number of aliphatic hydroxyl groups excluding tert-OH is 1. The summed E-state index contributed by atoms with van der Waals surface area (Å²) < 4.78 is 7.88. The Labute approximate surface area is 115 Å². The first kappa shape index (κ1) is 13.4. The standard InChI is InChI=1S/C13H17BrN2O2/c1-3-9(2)16-7-6-10(15-16)8-11(17)12-4-5-13(14)18-12/h4-7,9,11,17H,3,8H2,1-2H3. The predicted octanol–water partition coefficient (Wildman–Crippen LogP) is 3.49. The van der Waals surface area contributed by atoms with E-state index in [2.05, 4.69) is 34.9 Å². The van der Waals surface area contributed by atoms with Crippen molar-refractivity contribution in [2.45, 2.75) is 38.8 Å². The molecule has 0 bridgehead atoms. The van der Waals surface area contributed by atoms with E-state index < -0.39 is 6.10 Å². The Morgan fingerprint density at radius 2 is 2.22 bits per heavy atom. The van der Waals surface area contributed by atoms with E-state index in [1.807, 2.05) is 16.9 Å². The highest BCUT2D eigenvalue weighted by molar-refractivity contribution is 9.10. The molecule has 98 valence electrons. The van der Waals surface area contributed by atoms with Crippen molar-refractivity contribution in [3.63, 3.8) is 0 Å². The first-order valence-corrected chi connectivity index (χ1v) is 6.86. The third kappa shape index (κ3) is 3.03. The molecule has 0 spiro atoms. The molecule has 0 aliphatic rings. The molecule has 0 radical (unpaired) electrons. The summed E-state index contributed by atoms with van der Waals surface area (Å²) >= 11 is 3.22. The third-order valence-electron chi connectivity index (χ3n) is 3.03. The van der Waals surface area contributed by atoms with Gasteiger partial charge < -0.3 is 9.52 Å². The minimum absolute atomic E-state index is 0.383. The molecule has 0 aliphatic heterocycles. The van der Waals surface area contributed by atoms with Crippen LogP contribution in [0.2, 0.25) is 0 Å². The fourth-order valence-corrected chi connectivity index (χ4v) is 2.04. The van der Waals surface area contributed by atoms with Crippen molar-refractivity contribution in [2.24, 2.45) is 0 Å². The van der Waals surface area contributed by atoms with Crippen LogP contribution in [-0.4, -0.2) is 14.9 Å². The first-order valence-electron chi connectivity index (χ1n) is 6.07. The van der Waals surface area contributed by atoms with Crippen molar-refractivity contribution in [3.05, 3.63) is 40.5 Å². The van der Waals surface area contributed by atoms with Crippen LogP contribution in [0.5, 0.6) is 0 Å². The van der Waals surface area contributed by atoms with Crippen molar-refractivity contribution in [1.29, 1.82) is 0 Å². The zero-order valence-corrected chi connectivity index (χ0v) is 12.1. The van der Waals surface area contributed by atoms with Crippen LogP contribution in [0.4, 0.5) is 0 Å². The molecular formula is C13H17BrN2O2. The van der Waals surface area contributed by atoms with E-state index >= 15 is 0 Å². The summed E-state index contributed by atoms with van der Waals surface area (Å²) in [5.41, 5.74) is 0.871. The zero-order valence-electron chi connectivity index (χ0n) is 10.5. The fraction of sp³-hybridized carbons (Fsp3) is 0.462. The number of nitrogens with zero attached hydrogens (tertiary/aromatic N) is 2. The Kier molecular flexibility index (Phi) is 4.24. The van der Waals surface area contributed by atoms with Crippen LogP contribution in [0.3, 0.4) is 0 Å². The smallest absolute Gasteiger partial charge is 0.169 e. The highest BCUT2D eigenvalue weighted by Gasteiger charge is 2.15. The molecule has 0 aliphatic carbocycles. The Morgan fingerprint density at radius 1 is 1.44 bits per heavy atom. The molecule has 2 rings (SSSR count). The number of hydrogen-bond acceptors (Lipinski definition) is 3. The highest BCUT2D eigenvalue weighted by Crippen LogP contribution is 2.23. The summed E-state index contributed by atoms with van der Waals surface area (Å²) in [6.45, 7) is 4.25. The van der Waals surface area contributed by atoms with Crippen molar-refractivity contribution < 1.29 is 9.52 Å². The normalized spacial score (nSPS) is 14.7. The number of halogens is 1. The molecule has 2 atom stereocenters. The lowest BCUT2D eigenvalue weighted by molar-refractivity contribution is 0.147. The topological polar surface area (TPSA) is 51.2 Å². The van der Waals surface area contributed by atoms with Gasteiger partial charge in [-0.2, -0.15) is 5.10 Å². The van der Waals surface area contributed by atoms with Gasteiger partial charge in [-0.05, 0) is 47.5 Å². The van der Waals surface area contributed by atoms with Crippen LogP contribution in [0.25, 0.3) is 0 Å². The molecule has 5 heteroatoms. The molecule has 0 aromatic carbocycles. The van der Waals surface area contributed by atoms with Crippen molar-refractivity contribution in [2.75, 3.05) is 0 Å². The van der Waals surface area contributed by atoms with E-state index in [1.54, 1.807) is 12.1 Å². The predicted molar refractivity (Wildman–Crippen MR) is 72.3 cm³/mol. The van der Waals surface area contributed by atoms with Crippen LogP contribution < -0.4 is 0 Å². The second-order valence-electron chi connectivity index (χ2n) is 4.41. The molecule has 2 aromatic rings. The molecule has 0 saturated carbocycles. The van der Waals surface area contributed by atoms with Gasteiger partial charge in [0.1, 0.15) is 11.9 Å². The van der Waals surface area contributed by atoms with Crippen LogP contribution in [0.15, 0.2) is 33.5 Å².